The van der Waals surface area contributed by atoms with E-state index in [-0.39, 0.29) is 23.3 Å². The smallest absolute Gasteiger partial charge is 0.230 e. The summed E-state index contributed by atoms with van der Waals surface area (Å²) in [5.74, 6) is -7.18. The van der Waals surface area contributed by atoms with Gasteiger partial charge in [0.25, 0.3) is 0 Å². The Labute approximate surface area is 227 Å². The van der Waals surface area contributed by atoms with Crippen LogP contribution in [0, 0.1) is 17.8 Å². The molecule has 6 atom stereocenters. The van der Waals surface area contributed by atoms with Gasteiger partial charge in [-0.25, -0.2) is 0 Å². The second-order valence-electron chi connectivity index (χ2n) is 11.9. The van der Waals surface area contributed by atoms with E-state index in [0.717, 1.165) is 25.9 Å². The summed E-state index contributed by atoms with van der Waals surface area (Å²) in [4.78, 5) is 43.2. The third-order valence-corrected chi connectivity index (χ3v) is 9.35. The van der Waals surface area contributed by atoms with Gasteiger partial charge >= 0.3 is 0 Å². The highest BCUT2D eigenvalue weighted by atomic mass is 16.3. The molecule has 0 bridgehead atoms. The lowest BCUT2D eigenvalue weighted by atomic mass is 9.56. The highest BCUT2D eigenvalue weighted by Crippen LogP contribution is 2.52. The van der Waals surface area contributed by atoms with Gasteiger partial charge in [0.1, 0.15) is 17.4 Å². The molecule has 11 nitrogen and oxygen atoms in total. The number of hydrogen-bond donors (Lipinski definition) is 6. The molecule has 1 saturated heterocycles. The number of benzene rings is 1. The first-order chi connectivity index (χ1) is 18.4. The average molecular weight is 543 g/mol. The number of allylic oxidation sites excluding steroid dienone is 1. The van der Waals surface area contributed by atoms with Crippen LogP contribution < -0.4 is 11.1 Å². The second-order valence-corrected chi connectivity index (χ2v) is 11.9. The van der Waals surface area contributed by atoms with Gasteiger partial charge in [0.15, 0.2) is 17.2 Å². The Kier molecular flexibility index (Phi) is 7.09. The molecule has 11 heteroatoms. The second kappa shape index (κ2) is 9.97. The number of primary amides is 1. The first-order valence-electron chi connectivity index (χ1n) is 13.5. The molecule has 0 spiro atoms. The third kappa shape index (κ3) is 4.27. The predicted octanol–water partition coefficient (Wildman–Crippen LogP) is -0.531. The maximum absolute atomic E-state index is 13.8. The number of nitrogens with zero attached hydrogens (tertiary/aromatic N) is 2. The molecule has 7 N–H and O–H groups in total. The van der Waals surface area contributed by atoms with E-state index in [1.165, 1.54) is 0 Å². The Morgan fingerprint density at radius 3 is 2.49 bits per heavy atom. The van der Waals surface area contributed by atoms with Crippen molar-refractivity contribution in [2.75, 3.05) is 34.2 Å². The Hall–Kier alpha value is -2.83. The number of nitrogens with two attached hydrogens (primary N) is 1. The average Bonchev–Trinajstić information content (AvgIpc) is 2.86. The maximum Gasteiger partial charge on any atom is 0.230 e. The number of fused-ring (bicyclic) bond motifs is 3. The first kappa shape index (κ1) is 27.7. The molecule has 1 heterocycles. The van der Waals surface area contributed by atoms with Crippen molar-refractivity contribution in [1.82, 2.24) is 15.1 Å². The van der Waals surface area contributed by atoms with E-state index in [0.29, 0.717) is 30.1 Å². The van der Waals surface area contributed by atoms with Gasteiger partial charge in [0.05, 0.1) is 11.7 Å². The number of carbonyl (C=O) groups excluding carboxylic acids is 3. The van der Waals surface area contributed by atoms with Gasteiger partial charge < -0.3 is 41.3 Å². The Morgan fingerprint density at radius 2 is 1.87 bits per heavy atom. The number of likely N-dealkylation sites (tertiary alicyclic amines) is 1. The third-order valence-electron chi connectivity index (χ3n) is 9.35. The lowest BCUT2D eigenvalue weighted by Crippen LogP contribution is -2.71. The monoisotopic (exact) mass is 542 g/mol. The van der Waals surface area contributed by atoms with Crippen LogP contribution in [0.4, 0.5) is 0 Å². The topological polar surface area (TPSA) is 177 Å². The van der Waals surface area contributed by atoms with E-state index in [4.69, 9.17) is 5.73 Å². The molecule has 2 fully saturated rings. The minimum Gasteiger partial charge on any atom is -0.508 e. The number of phenols is 1. The van der Waals surface area contributed by atoms with Crippen LogP contribution in [0.25, 0.3) is 0 Å². The van der Waals surface area contributed by atoms with Gasteiger partial charge in [0.2, 0.25) is 5.91 Å². The van der Waals surface area contributed by atoms with Crippen LogP contribution in [0.3, 0.4) is 0 Å². The zero-order valence-corrected chi connectivity index (χ0v) is 22.6. The highest BCUT2D eigenvalue weighted by molar-refractivity contribution is 6.15. The molecule has 1 aliphatic heterocycles. The molecule has 1 saturated carbocycles. The van der Waals surface area contributed by atoms with E-state index in [1.807, 2.05) is 0 Å². The standard InChI is InChI=1S/C28H38N4O7/c1-31(2)21-17-11-15-10-13-4-5-14(12-30-16-6-8-32(3)9-7-16)22(33)18(13)23(34)19(15)25(36)28(17,39)26(37)20(24(21)35)27(29)38/h4-5,15-17,20-21,24,30,33,35-36,39H,6-12H2,1-3H3,(H2,29,38)/t15-,17-,20?,21-,24?,28-/m0/s1. The molecule has 1 aromatic carbocycles. The molecular weight excluding hydrogens is 504 g/mol. The number of likely N-dealkylation sites (N-methyl/N-ethyl adjacent to an activating group) is 1. The van der Waals surface area contributed by atoms with E-state index >= 15 is 0 Å². The van der Waals surface area contributed by atoms with Crippen molar-refractivity contribution < 1.29 is 34.8 Å². The van der Waals surface area contributed by atoms with Crippen LogP contribution in [0.1, 0.15) is 40.7 Å². The van der Waals surface area contributed by atoms with Crippen molar-refractivity contribution in [1.29, 1.82) is 0 Å². The molecule has 0 aromatic heterocycles. The van der Waals surface area contributed by atoms with Gasteiger partial charge in [-0.15, -0.1) is 0 Å². The van der Waals surface area contributed by atoms with Crippen molar-refractivity contribution in [3.05, 3.63) is 40.2 Å². The van der Waals surface area contributed by atoms with Crippen LogP contribution in [-0.2, 0) is 22.6 Å². The molecule has 39 heavy (non-hydrogen) atoms. The van der Waals surface area contributed by atoms with Gasteiger partial charge in [-0.2, -0.15) is 0 Å². The van der Waals surface area contributed by atoms with Crippen LogP contribution in [0.15, 0.2) is 23.5 Å². The number of hydrogen-bond acceptors (Lipinski definition) is 10. The molecule has 1 amide bonds. The number of carbonyl (C=O) groups is 3. The van der Waals surface area contributed by atoms with Crippen LogP contribution in [0.2, 0.25) is 0 Å². The fourth-order valence-corrected chi connectivity index (χ4v) is 7.23. The molecule has 212 valence electrons. The summed E-state index contributed by atoms with van der Waals surface area (Å²) in [6.07, 6.45) is 0.879. The fourth-order valence-electron chi connectivity index (χ4n) is 7.23. The number of amides is 1. The number of aliphatic hydroxyl groups is 3. The highest BCUT2D eigenvalue weighted by Gasteiger charge is 2.66. The van der Waals surface area contributed by atoms with Crippen molar-refractivity contribution in [3.63, 3.8) is 0 Å². The first-order valence-corrected chi connectivity index (χ1v) is 13.5. The SMILES string of the molecule is CN1CCC(NCc2ccc3c(c2O)C(=O)C2=C(O)[C@]4(O)C(=O)C(C(N)=O)C(O)[C@@H](N(C)C)[C@@H]4C[C@@H]2C3)CC1. The Morgan fingerprint density at radius 1 is 1.21 bits per heavy atom. The molecule has 5 rings (SSSR count). The van der Waals surface area contributed by atoms with E-state index < -0.39 is 58.7 Å². The van der Waals surface area contributed by atoms with Gasteiger partial charge in [0, 0.05) is 35.7 Å². The van der Waals surface area contributed by atoms with E-state index in [9.17, 15) is 34.8 Å². The number of aliphatic hydroxyl groups excluding tert-OH is 2. The maximum atomic E-state index is 13.8. The molecule has 1 aromatic rings. The molecule has 3 aliphatic carbocycles. The normalized spacial score (nSPS) is 33.6. The number of phenolic OH excluding ortho intramolecular Hbond substituents is 1. The summed E-state index contributed by atoms with van der Waals surface area (Å²) in [5, 5.41) is 48.7. The van der Waals surface area contributed by atoms with E-state index in [2.05, 4.69) is 17.3 Å². The van der Waals surface area contributed by atoms with Crippen LogP contribution >= 0.6 is 0 Å². The van der Waals surface area contributed by atoms with E-state index in [1.54, 1.807) is 31.1 Å². The lowest BCUT2D eigenvalue weighted by Gasteiger charge is -2.53. The largest absolute Gasteiger partial charge is 0.508 e. The predicted molar refractivity (Wildman–Crippen MR) is 141 cm³/mol. The molecule has 0 radical (unpaired) electrons. The van der Waals surface area contributed by atoms with Crippen molar-refractivity contribution in [3.8, 4) is 5.75 Å². The lowest BCUT2D eigenvalue weighted by molar-refractivity contribution is -0.178. The summed E-state index contributed by atoms with van der Waals surface area (Å²) in [6, 6.07) is 3.02. The number of nitrogens with one attached hydrogen (secondary N) is 1. The fraction of sp³-hybridized carbons (Fsp3) is 0.607. The summed E-state index contributed by atoms with van der Waals surface area (Å²) >= 11 is 0. The number of piperidine rings is 1. The van der Waals surface area contributed by atoms with Gasteiger partial charge in [-0.05, 0) is 71.4 Å². The minimum absolute atomic E-state index is 0.0523. The van der Waals surface area contributed by atoms with Crippen LogP contribution in [-0.4, -0.2) is 106 Å². The van der Waals surface area contributed by atoms with Crippen molar-refractivity contribution in [2.24, 2.45) is 23.5 Å². The summed E-state index contributed by atoms with van der Waals surface area (Å²) in [5.41, 5.74) is 3.93. The zero-order chi connectivity index (χ0) is 28.4. The Bertz CT molecular complexity index is 1240. The van der Waals surface area contributed by atoms with Gasteiger partial charge in [-0.3, -0.25) is 14.4 Å². The summed E-state index contributed by atoms with van der Waals surface area (Å²) in [6.45, 7) is 2.32. The van der Waals surface area contributed by atoms with Crippen LogP contribution in [0.5, 0.6) is 5.75 Å². The molecule has 4 aliphatic rings. The number of aromatic hydroxyl groups is 1. The Balaban J connectivity index is 1.51. The minimum atomic E-state index is -2.57. The molecule has 2 unspecified atom stereocenters. The number of ketones is 2. The number of rotatable bonds is 5. The zero-order valence-electron chi connectivity index (χ0n) is 22.6. The van der Waals surface area contributed by atoms with Gasteiger partial charge in [-0.1, -0.05) is 12.1 Å². The van der Waals surface area contributed by atoms with Crippen molar-refractivity contribution >= 4 is 17.5 Å². The summed E-state index contributed by atoms with van der Waals surface area (Å²) < 4.78 is 0. The summed E-state index contributed by atoms with van der Waals surface area (Å²) in [7, 11) is 5.36. The van der Waals surface area contributed by atoms with Crippen molar-refractivity contribution in [2.45, 2.75) is 56.0 Å². The number of Topliss-reactive ketones (excluding diaryl/α,β-unsaturated/α-hetero) is 2. The quantitative estimate of drug-likeness (QED) is 0.265. The molecular formula is C28H38N4O7.